The molecule has 2 aliphatic heterocycles. The largest absolute Gasteiger partial charge is 0.311 e. The van der Waals surface area contributed by atoms with E-state index in [9.17, 15) is 0 Å². The minimum absolute atomic E-state index is 0.789. The number of piperidine rings is 1. The third kappa shape index (κ3) is 1.94. The lowest BCUT2D eigenvalue weighted by Crippen LogP contribution is -2.46. The van der Waals surface area contributed by atoms with Crippen LogP contribution < -0.4 is 5.32 Å². The van der Waals surface area contributed by atoms with Crippen molar-refractivity contribution in [3.8, 4) is 0 Å². The highest BCUT2D eigenvalue weighted by Gasteiger charge is 2.34. The Morgan fingerprint density at radius 3 is 2.54 bits per heavy atom. The molecule has 2 heteroatoms. The van der Waals surface area contributed by atoms with Crippen LogP contribution in [0.25, 0.3) is 0 Å². The first-order chi connectivity index (χ1) is 6.29. The first kappa shape index (κ1) is 9.22. The smallest absolute Gasteiger partial charge is 0.0160 e. The van der Waals surface area contributed by atoms with Gasteiger partial charge in [-0.05, 0) is 32.7 Å². The Labute approximate surface area is 81.0 Å². The van der Waals surface area contributed by atoms with E-state index in [0.29, 0.717) is 0 Å². The van der Waals surface area contributed by atoms with Gasteiger partial charge in [0.05, 0.1) is 0 Å². The van der Waals surface area contributed by atoms with Gasteiger partial charge in [0.25, 0.3) is 0 Å². The van der Waals surface area contributed by atoms with Gasteiger partial charge in [-0.2, -0.15) is 0 Å². The van der Waals surface area contributed by atoms with Crippen molar-refractivity contribution in [3.05, 3.63) is 12.7 Å². The van der Waals surface area contributed by atoms with E-state index < -0.39 is 0 Å². The second-order valence-corrected chi connectivity index (χ2v) is 4.49. The third-order valence-electron chi connectivity index (χ3n) is 3.49. The van der Waals surface area contributed by atoms with Crippen LogP contribution in [0.2, 0.25) is 0 Å². The Kier molecular flexibility index (Phi) is 2.70. The van der Waals surface area contributed by atoms with Gasteiger partial charge >= 0.3 is 0 Å². The molecule has 0 saturated carbocycles. The molecule has 2 bridgehead atoms. The van der Waals surface area contributed by atoms with Crippen molar-refractivity contribution < 1.29 is 0 Å². The minimum atomic E-state index is 0.789. The summed E-state index contributed by atoms with van der Waals surface area (Å²) in [7, 11) is 2.22. The van der Waals surface area contributed by atoms with Gasteiger partial charge in [-0.3, -0.25) is 4.90 Å². The quantitative estimate of drug-likeness (QED) is 0.660. The lowest BCUT2D eigenvalue weighted by atomic mass is 9.99. The van der Waals surface area contributed by atoms with Crippen molar-refractivity contribution >= 4 is 0 Å². The fourth-order valence-electron chi connectivity index (χ4n) is 2.74. The molecule has 0 aromatic rings. The average molecular weight is 180 g/mol. The van der Waals surface area contributed by atoms with Crippen LogP contribution in [-0.2, 0) is 0 Å². The maximum Gasteiger partial charge on any atom is 0.0160 e. The molecule has 2 heterocycles. The van der Waals surface area contributed by atoms with Crippen LogP contribution >= 0.6 is 0 Å². The highest BCUT2D eigenvalue weighted by atomic mass is 15.2. The number of nitrogens with zero attached hydrogens (tertiary/aromatic N) is 1. The number of nitrogens with one attached hydrogen (secondary N) is 1. The SMILES string of the molecule is C=CCN(C)C1CC2CCC(C1)N2. The number of rotatable bonds is 3. The molecule has 1 N–H and O–H groups in total. The van der Waals surface area contributed by atoms with Crippen LogP contribution in [0.3, 0.4) is 0 Å². The fourth-order valence-corrected chi connectivity index (χ4v) is 2.74. The summed E-state index contributed by atoms with van der Waals surface area (Å²) < 4.78 is 0. The number of fused-ring (bicyclic) bond motifs is 2. The van der Waals surface area contributed by atoms with E-state index in [-0.39, 0.29) is 0 Å². The van der Waals surface area contributed by atoms with Crippen molar-refractivity contribution in [2.75, 3.05) is 13.6 Å². The number of hydrogen-bond acceptors (Lipinski definition) is 2. The van der Waals surface area contributed by atoms with Gasteiger partial charge in [-0.25, -0.2) is 0 Å². The molecule has 2 unspecified atom stereocenters. The van der Waals surface area contributed by atoms with Crippen LogP contribution in [0.4, 0.5) is 0 Å². The Bertz CT molecular complexity index is 179. The zero-order valence-electron chi connectivity index (χ0n) is 8.50. The first-order valence-electron chi connectivity index (χ1n) is 5.36. The van der Waals surface area contributed by atoms with Gasteiger partial charge in [0, 0.05) is 24.7 Å². The molecule has 2 fully saturated rings. The summed E-state index contributed by atoms with van der Waals surface area (Å²) in [5, 5.41) is 3.66. The summed E-state index contributed by atoms with van der Waals surface area (Å²) in [6.45, 7) is 4.82. The molecular formula is C11H20N2. The molecule has 0 radical (unpaired) electrons. The predicted molar refractivity (Wildman–Crippen MR) is 55.8 cm³/mol. The molecule has 0 spiro atoms. The van der Waals surface area contributed by atoms with Crippen LogP contribution in [-0.4, -0.2) is 36.6 Å². The van der Waals surface area contributed by atoms with E-state index in [0.717, 1.165) is 24.7 Å². The Hall–Kier alpha value is -0.340. The topological polar surface area (TPSA) is 15.3 Å². The number of hydrogen-bond donors (Lipinski definition) is 1. The Morgan fingerprint density at radius 1 is 1.38 bits per heavy atom. The van der Waals surface area contributed by atoms with E-state index in [2.05, 4.69) is 23.8 Å². The fraction of sp³-hybridized carbons (Fsp3) is 0.818. The van der Waals surface area contributed by atoms with Gasteiger partial charge < -0.3 is 5.32 Å². The molecule has 0 aromatic heterocycles. The second-order valence-electron chi connectivity index (χ2n) is 4.49. The lowest BCUT2D eigenvalue weighted by Gasteiger charge is -2.35. The zero-order valence-corrected chi connectivity index (χ0v) is 8.50. The summed E-state index contributed by atoms with van der Waals surface area (Å²) in [5.74, 6) is 0. The summed E-state index contributed by atoms with van der Waals surface area (Å²) in [5.41, 5.74) is 0. The van der Waals surface area contributed by atoms with Gasteiger partial charge in [0.1, 0.15) is 0 Å². The van der Waals surface area contributed by atoms with Gasteiger partial charge in [-0.15, -0.1) is 6.58 Å². The maximum atomic E-state index is 3.79. The normalized spacial score (nSPS) is 38.2. The van der Waals surface area contributed by atoms with E-state index in [1.54, 1.807) is 0 Å². The van der Waals surface area contributed by atoms with Crippen LogP contribution in [0.15, 0.2) is 12.7 Å². The molecule has 0 aliphatic carbocycles. The molecule has 2 saturated heterocycles. The molecule has 0 amide bonds. The molecule has 2 aliphatic rings. The van der Waals surface area contributed by atoms with Crippen molar-refractivity contribution in [2.24, 2.45) is 0 Å². The number of likely N-dealkylation sites (N-methyl/N-ethyl adjacent to an activating group) is 1. The van der Waals surface area contributed by atoms with Crippen molar-refractivity contribution in [1.82, 2.24) is 10.2 Å². The van der Waals surface area contributed by atoms with E-state index >= 15 is 0 Å². The van der Waals surface area contributed by atoms with Crippen molar-refractivity contribution in [3.63, 3.8) is 0 Å². The summed E-state index contributed by atoms with van der Waals surface area (Å²) in [6, 6.07) is 2.39. The predicted octanol–water partition coefficient (Wildman–Crippen LogP) is 1.39. The summed E-state index contributed by atoms with van der Waals surface area (Å²) >= 11 is 0. The van der Waals surface area contributed by atoms with E-state index in [1.165, 1.54) is 25.7 Å². The van der Waals surface area contributed by atoms with E-state index in [1.807, 2.05) is 6.08 Å². The minimum Gasteiger partial charge on any atom is -0.311 e. The average Bonchev–Trinajstić information content (AvgIpc) is 2.46. The van der Waals surface area contributed by atoms with Crippen molar-refractivity contribution in [1.29, 1.82) is 0 Å². The van der Waals surface area contributed by atoms with Crippen LogP contribution in [0, 0.1) is 0 Å². The highest BCUT2D eigenvalue weighted by Crippen LogP contribution is 2.28. The molecular weight excluding hydrogens is 160 g/mol. The van der Waals surface area contributed by atoms with Crippen molar-refractivity contribution in [2.45, 2.75) is 43.8 Å². The Balaban J connectivity index is 1.90. The highest BCUT2D eigenvalue weighted by molar-refractivity contribution is 4.95. The Morgan fingerprint density at radius 2 is 2.00 bits per heavy atom. The van der Waals surface area contributed by atoms with Crippen LogP contribution in [0.5, 0.6) is 0 Å². The molecule has 74 valence electrons. The van der Waals surface area contributed by atoms with E-state index in [4.69, 9.17) is 0 Å². The molecule has 13 heavy (non-hydrogen) atoms. The molecule has 2 nitrogen and oxygen atoms in total. The molecule has 2 atom stereocenters. The summed E-state index contributed by atoms with van der Waals surface area (Å²) in [6.07, 6.45) is 7.46. The molecule has 2 rings (SSSR count). The van der Waals surface area contributed by atoms with Gasteiger partial charge in [0.2, 0.25) is 0 Å². The monoisotopic (exact) mass is 180 g/mol. The standard InChI is InChI=1S/C11H20N2/c1-3-6-13(2)11-7-9-4-5-10(8-11)12-9/h3,9-12H,1,4-8H2,2H3. The second kappa shape index (κ2) is 3.81. The van der Waals surface area contributed by atoms with Gasteiger partial charge in [0.15, 0.2) is 0 Å². The summed E-state index contributed by atoms with van der Waals surface area (Å²) in [4.78, 5) is 2.44. The first-order valence-corrected chi connectivity index (χ1v) is 5.36. The maximum absolute atomic E-state index is 3.79. The molecule has 0 aromatic carbocycles. The lowest BCUT2D eigenvalue weighted by molar-refractivity contribution is 0.187. The van der Waals surface area contributed by atoms with Gasteiger partial charge in [-0.1, -0.05) is 6.08 Å². The zero-order chi connectivity index (χ0) is 9.26. The third-order valence-corrected chi connectivity index (χ3v) is 3.49. The van der Waals surface area contributed by atoms with Crippen LogP contribution in [0.1, 0.15) is 25.7 Å².